The van der Waals surface area contributed by atoms with E-state index in [1.165, 1.54) is 19.3 Å². The van der Waals surface area contributed by atoms with Gasteiger partial charge in [-0.1, -0.05) is 13.3 Å². The third-order valence-corrected chi connectivity index (χ3v) is 2.17. The van der Waals surface area contributed by atoms with Gasteiger partial charge in [-0.15, -0.1) is 0 Å². The van der Waals surface area contributed by atoms with E-state index in [0.717, 1.165) is 19.6 Å². The zero-order chi connectivity index (χ0) is 8.10. The maximum Gasteiger partial charge on any atom is 0.111 e. The molecule has 1 unspecified atom stereocenters. The van der Waals surface area contributed by atoms with E-state index in [1.807, 2.05) is 0 Å². The topological polar surface area (TPSA) is 41.3 Å². The smallest absolute Gasteiger partial charge is 0.111 e. The van der Waals surface area contributed by atoms with Gasteiger partial charge in [-0.05, 0) is 19.4 Å². The Labute approximate surface area is 68.9 Å². The monoisotopic (exact) mass is 157 g/mol. The van der Waals surface area contributed by atoms with E-state index in [-0.39, 0.29) is 6.29 Å². The zero-order valence-electron chi connectivity index (χ0n) is 7.34. The van der Waals surface area contributed by atoms with Gasteiger partial charge in [0, 0.05) is 13.1 Å². The summed E-state index contributed by atoms with van der Waals surface area (Å²) in [4.78, 5) is 2.31. The molecule has 0 aliphatic carbocycles. The highest BCUT2D eigenvalue weighted by atomic mass is 15.3. The second kappa shape index (κ2) is 4.70. The van der Waals surface area contributed by atoms with Gasteiger partial charge in [0.05, 0.1) is 0 Å². The normalized spacial score (nSPS) is 27.3. The first-order valence-electron chi connectivity index (χ1n) is 4.57. The van der Waals surface area contributed by atoms with E-state index in [2.05, 4.69) is 17.1 Å². The Morgan fingerprint density at radius 2 is 2.45 bits per heavy atom. The van der Waals surface area contributed by atoms with Crippen LogP contribution >= 0.6 is 0 Å². The average Bonchev–Trinajstić information content (AvgIpc) is 2.03. The van der Waals surface area contributed by atoms with Crippen LogP contribution in [0.4, 0.5) is 0 Å². The summed E-state index contributed by atoms with van der Waals surface area (Å²) in [6, 6.07) is 0. The molecule has 3 nitrogen and oxygen atoms in total. The summed E-state index contributed by atoms with van der Waals surface area (Å²) in [6.07, 6.45) is 3.85. The quantitative estimate of drug-likeness (QED) is 0.620. The molecule has 1 saturated heterocycles. The molecule has 3 N–H and O–H groups in total. The molecule has 1 fully saturated rings. The van der Waals surface area contributed by atoms with Crippen LogP contribution in [0.25, 0.3) is 0 Å². The van der Waals surface area contributed by atoms with Crippen molar-refractivity contribution < 1.29 is 0 Å². The molecule has 0 bridgehead atoms. The Morgan fingerprint density at radius 1 is 1.64 bits per heavy atom. The van der Waals surface area contributed by atoms with Crippen LogP contribution in [0.3, 0.4) is 0 Å². The highest BCUT2D eigenvalue weighted by Crippen LogP contribution is 2.01. The first-order chi connectivity index (χ1) is 5.34. The van der Waals surface area contributed by atoms with Gasteiger partial charge in [-0.3, -0.25) is 10.2 Å². The van der Waals surface area contributed by atoms with Crippen LogP contribution < -0.4 is 11.1 Å². The number of hydrogen-bond donors (Lipinski definition) is 2. The van der Waals surface area contributed by atoms with Crippen LogP contribution in [0.5, 0.6) is 0 Å². The Bertz CT molecular complexity index is 106. The lowest BCUT2D eigenvalue weighted by atomic mass is 10.2. The summed E-state index contributed by atoms with van der Waals surface area (Å²) < 4.78 is 0. The van der Waals surface area contributed by atoms with E-state index >= 15 is 0 Å². The van der Waals surface area contributed by atoms with Crippen molar-refractivity contribution >= 4 is 0 Å². The van der Waals surface area contributed by atoms with Crippen molar-refractivity contribution in [3.8, 4) is 0 Å². The molecule has 0 aromatic carbocycles. The molecule has 1 aliphatic rings. The second-order valence-corrected chi connectivity index (χ2v) is 3.14. The maximum atomic E-state index is 5.83. The molecule has 0 radical (unpaired) electrons. The van der Waals surface area contributed by atoms with Crippen LogP contribution in [0, 0.1) is 0 Å². The summed E-state index contributed by atoms with van der Waals surface area (Å²) in [5.41, 5.74) is 5.83. The summed E-state index contributed by atoms with van der Waals surface area (Å²) in [5, 5.41) is 3.24. The van der Waals surface area contributed by atoms with Crippen LogP contribution in [0.1, 0.15) is 26.2 Å². The van der Waals surface area contributed by atoms with Gasteiger partial charge in [0.1, 0.15) is 6.29 Å². The molecule has 0 aromatic rings. The summed E-state index contributed by atoms with van der Waals surface area (Å²) in [5.74, 6) is 0. The number of hydrogen-bond acceptors (Lipinski definition) is 3. The summed E-state index contributed by atoms with van der Waals surface area (Å²) in [6.45, 7) is 5.59. The summed E-state index contributed by atoms with van der Waals surface area (Å²) in [7, 11) is 0. The first-order valence-corrected chi connectivity index (χ1v) is 4.57. The van der Waals surface area contributed by atoms with Gasteiger partial charge in [-0.25, -0.2) is 0 Å². The molecule has 1 aliphatic heterocycles. The van der Waals surface area contributed by atoms with Crippen LogP contribution in [-0.4, -0.2) is 30.8 Å². The molecule has 1 rings (SSSR count). The lowest BCUT2D eigenvalue weighted by Gasteiger charge is -2.33. The Balaban J connectivity index is 2.18. The molecule has 66 valence electrons. The first kappa shape index (κ1) is 8.97. The Hall–Kier alpha value is -0.120. The molecule has 1 heterocycles. The molecular weight excluding hydrogens is 138 g/mol. The minimum atomic E-state index is 0.107. The number of nitrogens with one attached hydrogen (secondary N) is 1. The van der Waals surface area contributed by atoms with Crippen molar-refractivity contribution in [3.05, 3.63) is 0 Å². The van der Waals surface area contributed by atoms with Crippen molar-refractivity contribution in [1.29, 1.82) is 0 Å². The number of nitrogens with two attached hydrogens (primary N) is 1. The SMILES string of the molecule is CCCCN1CCCNC1N. The molecule has 3 heteroatoms. The number of nitrogens with zero attached hydrogens (tertiary/aromatic N) is 1. The molecule has 0 saturated carbocycles. The second-order valence-electron chi connectivity index (χ2n) is 3.14. The lowest BCUT2D eigenvalue weighted by molar-refractivity contribution is 0.133. The van der Waals surface area contributed by atoms with Gasteiger partial charge in [0.25, 0.3) is 0 Å². The van der Waals surface area contributed by atoms with Gasteiger partial charge < -0.3 is 5.73 Å². The van der Waals surface area contributed by atoms with Crippen molar-refractivity contribution in [2.24, 2.45) is 5.73 Å². The van der Waals surface area contributed by atoms with Gasteiger partial charge in [-0.2, -0.15) is 0 Å². The molecule has 0 aromatic heterocycles. The van der Waals surface area contributed by atoms with Crippen LogP contribution in [-0.2, 0) is 0 Å². The fraction of sp³-hybridized carbons (Fsp3) is 1.00. The van der Waals surface area contributed by atoms with E-state index in [9.17, 15) is 0 Å². The van der Waals surface area contributed by atoms with Crippen molar-refractivity contribution in [3.63, 3.8) is 0 Å². The van der Waals surface area contributed by atoms with E-state index in [0.29, 0.717) is 0 Å². The van der Waals surface area contributed by atoms with Gasteiger partial charge in [0.2, 0.25) is 0 Å². The minimum absolute atomic E-state index is 0.107. The Kier molecular flexibility index (Phi) is 3.83. The fourth-order valence-electron chi connectivity index (χ4n) is 1.41. The summed E-state index contributed by atoms with van der Waals surface area (Å²) >= 11 is 0. The van der Waals surface area contributed by atoms with E-state index in [4.69, 9.17) is 5.73 Å². The van der Waals surface area contributed by atoms with Crippen LogP contribution in [0.15, 0.2) is 0 Å². The Morgan fingerprint density at radius 3 is 3.09 bits per heavy atom. The third-order valence-electron chi connectivity index (χ3n) is 2.17. The van der Waals surface area contributed by atoms with Gasteiger partial charge >= 0.3 is 0 Å². The van der Waals surface area contributed by atoms with E-state index < -0.39 is 0 Å². The molecule has 0 spiro atoms. The van der Waals surface area contributed by atoms with Gasteiger partial charge in [0.15, 0.2) is 0 Å². The van der Waals surface area contributed by atoms with Crippen LogP contribution in [0.2, 0.25) is 0 Å². The van der Waals surface area contributed by atoms with Crippen molar-refractivity contribution in [2.45, 2.75) is 32.5 Å². The predicted molar refractivity (Wildman–Crippen MR) is 47.1 cm³/mol. The molecular formula is C8H19N3. The van der Waals surface area contributed by atoms with Crippen molar-refractivity contribution in [1.82, 2.24) is 10.2 Å². The predicted octanol–water partition coefficient (Wildman–Crippen LogP) is 0.324. The maximum absolute atomic E-state index is 5.83. The third kappa shape index (κ3) is 2.77. The average molecular weight is 157 g/mol. The number of unbranched alkanes of at least 4 members (excludes halogenated alkanes) is 1. The zero-order valence-corrected chi connectivity index (χ0v) is 7.34. The number of rotatable bonds is 3. The fourth-order valence-corrected chi connectivity index (χ4v) is 1.41. The lowest BCUT2D eigenvalue weighted by Crippen LogP contribution is -2.56. The van der Waals surface area contributed by atoms with Crippen molar-refractivity contribution in [2.75, 3.05) is 19.6 Å². The molecule has 1 atom stereocenters. The molecule has 11 heavy (non-hydrogen) atoms. The highest BCUT2D eigenvalue weighted by Gasteiger charge is 2.16. The van der Waals surface area contributed by atoms with E-state index in [1.54, 1.807) is 0 Å². The standard InChI is InChI=1S/C8H19N3/c1-2-3-6-11-7-4-5-10-8(11)9/h8,10H,2-7,9H2,1H3. The largest absolute Gasteiger partial charge is 0.303 e. The highest BCUT2D eigenvalue weighted by molar-refractivity contribution is 4.69. The molecule has 0 amide bonds. The minimum Gasteiger partial charge on any atom is -0.303 e.